The van der Waals surface area contributed by atoms with Crippen LogP contribution in [-0.2, 0) is 21.9 Å². The van der Waals surface area contributed by atoms with E-state index in [1.807, 2.05) is 6.92 Å². The highest BCUT2D eigenvalue weighted by Gasteiger charge is 2.29. The fraction of sp³-hybridized carbons (Fsp3) is 0.577. The molecule has 2 amide bonds. The van der Waals surface area contributed by atoms with Crippen molar-refractivity contribution in [3.63, 3.8) is 0 Å². The number of benzene rings is 1. The summed E-state index contributed by atoms with van der Waals surface area (Å²) in [6, 6.07) is 4.88. The standard InChI is InChI=1S/C24H37N5O5S.CH3NO.CH4O/c1-5-14-34-20-10-9-17(35(32,33)26-12-11-16-8-7-13-28(16)3)15-18(20)21-22(19(30)6-2)27-29(4)23(21)24(25)31;2-1-3;1-2/h9-10,15-16,19,26,30H,5-8,11-14H2,1-4H3,(H2,25,31);1H,(H2,2,3);2H,1H3. The number of carbonyl (C=O) groups excluding carboxylic acids is 2. The number of nitrogens with zero attached hydrogens (tertiary/aromatic N) is 3. The van der Waals surface area contributed by atoms with Gasteiger partial charge >= 0.3 is 0 Å². The zero-order chi connectivity index (χ0) is 30.5. The molecule has 40 heavy (non-hydrogen) atoms. The van der Waals surface area contributed by atoms with Gasteiger partial charge in [-0.15, -0.1) is 0 Å². The number of carbonyl (C=O) groups is 2. The van der Waals surface area contributed by atoms with Gasteiger partial charge in [0.2, 0.25) is 16.4 Å². The van der Waals surface area contributed by atoms with Crippen LogP contribution in [0.15, 0.2) is 23.1 Å². The molecule has 0 aliphatic carbocycles. The molecule has 1 aromatic heterocycles. The number of aliphatic hydroxyl groups is 2. The first-order chi connectivity index (χ1) is 19.0. The van der Waals surface area contributed by atoms with Crippen LogP contribution in [0, 0.1) is 0 Å². The summed E-state index contributed by atoms with van der Waals surface area (Å²) in [5.74, 6) is -0.350. The number of likely N-dealkylation sites (tertiary alicyclic amines) is 1. The van der Waals surface area contributed by atoms with Crippen molar-refractivity contribution in [2.75, 3.05) is 33.9 Å². The minimum atomic E-state index is -3.83. The van der Waals surface area contributed by atoms with Crippen molar-refractivity contribution in [3.05, 3.63) is 29.6 Å². The zero-order valence-electron chi connectivity index (χ0n) is 24.0. The van der Waals surface area contributed by atoms with Gasteiger partial charge in [-0.2, -0.15) is 5.10 Å². The third-order valence-electron chi connectivity index (χ3n) is 6.44. The van der Waals surface area contributed by atoms with E-state index in [1.165, 1.54) is 16.8 Å². The Morgan fingerprint density at radius 3 is 2.48 bits per heavy atom. The number of amides is 2. The van der Waals surface area contributed by atoms with Gasteiger partial charge in [-0.1, -0.05) is 13.8 Å². The summed E-state index contributed by atoms with van der Waals surface area (Å²) in [4.78, 5) is 23.2. The average molecular weight is 585 g/mol. The molecule has 1 aliphatic rings. The Kier molecular flexibility index (Phi) is 14.8. The molecule has 1 saturated heterocycles. The number of rotatable bonds is 12. The van der Waals surface area contributed by atoms with Crippen LogP contribution in [0.1, 0.15) is 68.2 Å². The summed E-state index contributed by atoms with van der Waals surface area (Å²) in [5.41, 5.74) is 10.8. The largest absolute Gasteiger partial charge is 0.493 e. The van der Waals surface area contributed by atoms with Crippen molar-refractivity contribution in [2.24, 2.45) is 18.5 Å². The van der Waals surface area contributed by atoms with Gasteiger partial charge in [0.25, 0.3) is 5.91 Å². The van der Waals surface area contributed by atoms with Crippen molar-refractivity contribution < 1.29 is 33.0 Å². The molecule has 1 aliphatic heterocycles. The van der Waals surface area contributed by atoms with Crippen molar-refractivity contribution in [1.29, 1.82) is 0 Å². The van der Waals surface area contributed by atoms with E-state index >= 15 is 0 Å². The van der Waals surface area contributed by atoms with Crippen LogP contribution in [0.4, 0.5) is 0 Å². The first-order valence-corrected chi connectivity index (χ1v) is 14.6. The van der Waals surface area contributed by atoms with Crippen LogP contribution >= 0.6 is 0 Å². The molecule has 1 aromatic carbocycles. The zero-order valence-corrected chi connectivity index (χ0v) is 24.8. The molecule has 7 N–H and O–H groups in total. The number of nitrogens with two attached hydrogens (primary N) is 2. The van der Waals surface area contributed by atoms with E-state index in [9.17, 15) is 18.3 Å². The van der Waals surface area contributed by atoms with E-state index in [1.54, 1.807) is 20.0 Å². The van der Waals surface area contributed by atoms with Crippen LogP contribution in [0.2, 0.25) is 0 Å². The SMILES string of the molecule is CCCOc1ccc(S(=O)(=O)NCCC2CCCN2C)cc1-c1c(C(O)CC)nn(C)c1C(N)=O.CO.NC=O. The molecule has 0 radical (unpaired) electrons. The van der Waals surface area contributed by atoms with Crippen molar-refractivity contribution in [2.45, 2.75) is 63.0 Å². The predicted molar refractivity (Wildman–Crippen MR) is 152 cm³/mol. The van der Waals surface area contributed by atoms with E-state index in [2.05, 4.69) is 27.5 Å². The van der Waals surface area contributed by atoms with Crippen molar-refractivity contribution >= 4 is 22.3 Å². The number of aliphatic hydroxyl groups excluding tert-OH is 2. The first-order valence-electron chi connectivity index (χ1n) is 13.1. The summed E-state index contributed by atoms with van der Waals surface area (Å²) in [7, 11) is 0.783. The molecular weight excluding hydrogens is 540 g/mol. The second-order valence-corrected chi connectivity index (χ2v) is 10.9. The van der Waals surface area contributed by atoms with Crippen LogP contribution < -0.4 is 20.9 Å². The normalized spacial score (nSPS) is 15.8. The number of sulfonamides is 1. The Bertz CT molecular complexity index is 1200. The molecule has 1 fully saturated rings. The third kappa shape index (κ3) is 8.99. The molecule has 0 spiro atoms. The molecule has 13 nitrogen and oxygen atoms in total. The quantitative estimate of drug-likeness (QED) is 0.224. The number of aromatic nitrogens is 2. The topological polar surface area (TPSA) is 203 Å². The molecule has 0 bridgehead atoms. The van der Waals surface area contributed by atoms with Crippen molar-refractivity contribution in [3.8, 4) is 16.9 Å². The highest BCUT2D eigenvalue weighted by Crippen LogP contribution is 2.39. The van der Waals surface area contributed by atoms with Crippen LogP contribution in [-0.4, -0.2) is 85.5 Å². The molecule has 0 saturated carbocycles. The minimum Gasteiger partial charge on any atom is -0.493 e. The number of ether oxygens (including phenoxy) is 1. The molecule has 2 atom stereocenters. The fourth-order valence-electron chi connectivity index (χ4n) is 4.52. The Balaban J connectivity index is 0.00000150. The van der Waals surface area contributed by atoms with Gasteiger partial charge in [-0.3, -0.25) is 14.3 Å². The molecule has 2 unspecified atom stereocenters. The lowest BCUT2D eigenvalue weighted by molar-refractivity contribution is -0.106. The monoisotopic (exact) mass is 584 g/mol. The second kappa shape index (κ2) is 16.9. The molecule has 3 rings (SSSR count). The van der Waals surface area contributed by atoms with Crippen LogP contribution in [0.3, 0.4) is 0 Å². The lowest BCUT2D eigenvalue weighted by atomic mass is 9.98. The van der Waals surface area contributed by atoms with Gasteiger partial charge in [0.15, 0.2) is 0 Å². The summed E-state index contributed by atoms with van der Waals surface area (Å²) < 4.78 is 36.2. The highest BCUT2D eigenvalue weighted by molar-refractivity contribution is 7.89. The summed E-state index contributed by atoms with van der Waals surface area (Å²) in [6.07, 6.45) is 3.27. The summed E-state index contributed by atoms with van der Waals surface area (Å²) in [6.45, 7) is 5.48. The van der Waals surface area contributed by atoms with E-state index < -0.39 is 22.0 Å². The van der Waals surface area contributed by atoms with Gasteiger partial charge in [0.1, 0.15) is 11.4 Å². The van der Waals surface area contributed by atoms with Gasteiger partial charge in [0, 0.05) is 37.9 Å². The number of nitrogens with one attached hydrogen (secondary N) is 1. The fourth-order valence-corrected chi connectivity index (χ4v) is 5.59. The summed E-state index contributed by atoms with van der Waals surface area (Å²) in [5, 5.41) is 22.0. The molecule has 226 valence electrons. The van der Waals surface area contributed by atoms with E-state index in [4.69, 9.17) is 20.4 Å². The van der Waals surface area contributed by atoms with E-state index in [0.29, 0.717) is 36.9 Å². The lowest BCUT2D eigenvalue weighted by Gasteiger charge is -2.19. The second-order valence-electron chi connectivity index (χ2n) is 9.13. The van der Waals surface area contributed by atoms with Crippen LogP contribution in [0.5, 0.6) is 5.75 Å². The highest BCUT2D eigenvalue weighted by atomic mass is 32.2. The maximum Gasteiger partial charge on any atom is 0.267 e. The Morgan fingerprint density at radius 2 is 1.95 bits per heavy atom. The van der Waals surface area contributed by atoms with Gasteiger partial charge in [0.05, 0.1) is 23.3 Å². The Labute approximate surface area is 236 Å². The maximum atomic E-state index is 13.2. The Morgan fingerprint density at radius 1 is 1.30 bits per heavy atom. The van der Waals surface area contributed by atoms with E-state index in [-0.39, 0.29) is 28.3 Å². The van der Waals surface area contributed by atoms with Crippen LogP contribution in [0.25, 0.3) is 11.1 Å². The van der Waals surface area contributed by atoms with Gasteiger partial charge in [-0.05, 0) is 63.9 Å². The van der Waals surface area contributed by atoms with Crippen molar-refractivity contribution in [1.82, 2.24) is 19.4 Å². The lowest BCUT2D eigenvalue weighted by Crippen LogP contribution is -2.31. The molecule has 2 heterocycles. The average Bonchev–Trinajstić information content (AvgIpc) is 3.50. The van der Waals surface area contributed by atoms with E-state index in [0.717, 1.165) is 39.3 Å². The number of hydrogen-bond acceptors (Lipinski definition) is 9. The molecular formula is C26H44N6O7S. The first kappa shape index (κ1) is 35.0. The maximum absolute atomic E-state index is 13.2. The summed E-state index contributed by atoms with van der Waals surface area (Å²) >= 11 is 0. The molecule has 2 aromatic rings. The number of hydrogen-bond donors (Lipinski definition) is 5. The third-order valence-corrected chi connectivity index (χ3v) is 7.90. The number of primary amides is 2. The smallest absolute Gasteiger partial charge is 0.267 e. The molecule has 14 heteroatoms. The predicted octanol–water partition coefficient (Wildman–Crippen LogP) is 0.891. The van der Waals surface area contributed by atoms with Gasteiger partial charge in [-0.25, -0.2) is 13.1 Å². The number of aryl methyl sites for hydroxylation is 1. The Hall–Kier alpha value is -3.04. The van der Waals surface area contributed by atoms with Gasteiger partial charge < -0.3 is 31.3 Å². The minimum absolute atomic E-state index is 0.0346.